The summed E-state index contributed by atoms with van der Waals surface area (Å²) in [4.78, 5) is 0. The van der Waals surface area contributed by atoms with Crippen LogP contribution in [0.4, 0.5) is 0 Å². The highest BCUT2D eigenvalue weighted by Gasteiger charge is 2.31. The molecule has 1 aromatic rings. The first-order valence-corrected chi connectivity index (χ1v) is 13.8. The van der Waals surface area contributed by atoms with E-state index < -0.39 is 0 Å². The Labute approximate surface area is 187 Å². The predicted octanol–water partition coefficient (Wildman–Crippen LogP) is 9.64. The Morgan fingerprint density at radius 1 is 0.600 bits per heavy atom. The van der Waals surface area contributed by atoms with E-state index in [9.17, 15) is 0 Å². The van der Waals surface area contributed by atoms with Gasteiger partial charge >= 0.3 is 0 Å². The van der Waals surface area contributed by atoms with Gasteiger partial charge in [0, 0.05) is 0 Å². The number of hydrogen-bond acceptors (Lipinski definition) is 0. The van der Waals surface area contributed by atoms with Crippen LogP contribution in [0.2, 0.25) is 0 Å². The molecule has 0 radical (unpaired) electrons. The molecular weight excluding hydrogens is 360 g/mol. The average Bonchev–Trinajstić information content (AvgIpc) is 2.81. The van der Waals surface area contributed by atoms with Gasteiger partial charge in [-0.2, -0.15) is 0 Å². The number of rotatable bonds is 7. The van der Waals surface area contributed by atoms with Crippen LogP contribution in [0.3, 0.4) is 0 Å². The van der Waals surface area contributed by atoms with Crippen LogP contribution < -0.4 is 0 Å². The molecule has 0 spiro atoms. The van der Waals surface area contributed by atoms with Gasteiger partial charge in [-0.05, 0) is 98.0 Å². The topological polar surface area (TPSA) is 0 Å². The third-order valence-corrected chi connectivity index (χ3v) is 9.44. The Hall–Kier alpha value is -0.780. The minimum Gasteiger partial charge on any atom is -0.0654 e. The number of hydrogen-bond donors (Lipinski definition) is 0. The van der Waals surface area contributed by atoms with Crippen molar-refractivity contribution in [2.45, 2.75) is 128 Å². The Bertz CT molecular complexity index is 589. The van der Waals surface area contributed by atoms with Crippen molar-refractivity contribution in [3.63, 3.8) is 0 Å². The molecule has 0 heterocycles. The molecule has 3 fully saturated rings. The van der Waals surface area contributed by atoms with Gasteiger partial charge < -0.3 is 0 Å². The quantitative estimate of drug-likeness (QED) is 0.394. The Morgan fingerprint density at radius 2 is 1.07 bits per heavy atom. The normalized spacial score (nSPS) is 35.3. The molecule has 0 amide bonds. The molecule has 168 valence electrons. The molecule has 3 aliphatic carbocycles. The van der Waals surface area contributed by atoms with Gasteiger partial charge in [0.1, 0.15) is 0 Å². The lowest BCUT2D eigenvalue weighted by Gasteiger charge is -2.38. The molecule has 3 saturated carbocycles. The first-order chi connectivity index (χ1) is 14.7. The molecule has 4 rings (SSSR count). The summed E-state index contributed by atoms with van der Waals surface area (Å²) in [5.41, 5.74) is 3.26. The fourth-order valence-electron chi connectivity index (χ4n) is 7.19. The second-order valence-corrected chi connectivity index (χ2v) is 11.5. The minimum absolute atomic E-state index is 0.836. The van der Waals surface area contributed by atoms with Crippen LogP contribution in [0.5, 0.6) is 0 Å². The van der Waals surface area contributed by atoms with E-state index in [1.54, 1.807) is 24.0 Å². The van der Waals surface area contributed by atoms with Crippen molar-refractivity contribution in [2.75, 3.05) is 0 Å². The molecule has 0 saturated heterocycles. The third-order valence-electron chi connectivity index (χ3n) is 9.44. The Morgan fingerprint density at radius 3 is 1.57 bits per heavy atom. The fourth-order valence-corrected chi connectivity index (χ4v) is 7.19. The maximum atomic E-state index is 2.50. The summed E-state index contributed by atoms with van der Waals surface area (Å²) in [6.07, 6.45) is 23.5. The molecule has 0 heteroatoms. The van der Waals surface area contributed by atoms with Gasteiger partial charge in [-0.15, -0.1) is 0 Å². The summed E-state index contributed by atoms with van der Waals surface area (Å²) in [7, 11) is 0. The van der Waals surface area contributed by atoms with E-state index >= 15 is 0 Å². The average molecular weight is 409 g/mol. The zero-order valence-electron chi connectivity index (χ0n) is 20.1. The number of benzene rings is 1. The third kappa shape index (κ3) is 5.92. The van der Waals surface area contributed by atoms with Gasteiger partial charge in [0.25, 0.3) is 0 Å². The maximum absolute atomic E-state index is 2.50. The van der Waals surface area contributed by atoms with E-state index in [0.29, 0.717) is 0 Å². The van der Waals surface area contributed by atoms with E-state index in [2.05, 4.69) is 38.1 Å². The van der Waals surface area contributed by atoms with Crippen LogP contribution in [0.1, 0.15) is 140 Å². The lowest BCUT2D eigenvalue weighted by atomic mass is 9.68. The lowest BCUT2D eigenvalue weighted by Crippen LogP contribution is -2.25. The van der Waals surface area contributed by atoms with Gasteiger partial charge in [-0.3, -0.25) is 0 Å². The molecule has 3 aliphatic rings. The fraction of sp³-hybridized carbons (Fsp3) is 0.800. The van der Waals surface area contributed by atoms with Crippen LogP contribution in [0.15, 0.2) is 24.3 Å². The molecule has 0 aliphatic heterocycles. The molecule has 0 nitrogen and oxygen atoms in total. The monoisotopic (exact) mass is 408 g/mol. The minimum atomic E-state index is 0.836. The molecule has 0 atom stereocenters. The summed E-state index contributed by atoms with van der Waals surface area (Å²) < 4.78 is 0. The zero-order valence-corrected chi connectivity index (χ0v) is 20.1. The van der Waals surface area contributed by atoms with Crippen molar-refractivity contribution in [3.05, 3.63) is 35.4 Å². The van der Waals surface area contributed by atoms with Crippen molar-refractivity contribution < 1.29 is 0 Å². The zero-order chi connectivity index (χ0) is 20.8. The van der Waals surface area contributed by atoms with Crippen molar-refractivity contribution in [1.82, 2.24) is 0 Å². The molecule has 0 aromatic heterocycles. The van der Waals surface area contributed by atoms with Gasteiger partial charge in [-0.1, -0.05) is 89.5 Å². The van der Waals surface area contributed by atoms with Crippen molar-refractivity contribution in [1.29, 1.82) is 0 Å². The smallest absolute Gasteiger partial charge is 0.0162 e. The summed E-state index contributed by atoms with van der Waals surface area (Å²) in [6, 6.07) is 9.98. The molecule has 1 aromatic carbocycles. The Kier molecular flexibility index (Phi) is 8.36. The molecular formula is C30H48. The van der Waals surface area contributed by atoms with E-state index in [1.807, 2.05) is 0 Å². The maximum Gasteiger partial charge on any atom is -0.0162 e. The van der Waals surface area contributed by atoms with Crippen LogP contribution in [-0.4, -0.2) is 0 Å². The van der Waals surface area contributed by atoms with Gasteiger partial charge in [-0.25, -0.2) is 0 Å². The van der Waals surface area contributed by atoms with Crippen LogP contribution >= 0.6 is 0 Å². The highest BCUT2D eigenvalue weighted by molar-refractivity contribution is 5.28. The first-order valence-electron chi connectivity index (χ1n) is 13.8. The van der Waals surface area contributed by atoms with Crippen LogP contribution in [0, 0.1) is 23.7 Å². The molecule has 0 unspecified atom stereocenters. The van der Waals surface area contributed by atoms with E-state index in [-0.39, 0.29) is 0 Å². The SMILES string of the molecule is CCCCC[C@H]1CC[C@H]([C@H]2CC[C@H](c3ccc([C@H]4CC[C@H](C)CC4)cc3)CC2)CC1. The van der Waals surface area contributed by atoms with E-state index in [0.717, 1.165) is 35.5 Å². The highest BCUT2D eigenvalue weighted by atomic mass is 14.4. The summed E-state index contributed by atoms with van der Waals surface area (Å²) in [5.74, 6) is 5.79. The van der Waals surface area contributed by atoms with E-state index in [4.69, 9.17) is 0 Å². The second kappa shape index (κ2) is 11.2. The predicted molar refractivity (Wildman–Crippen MR) is 131 cm³/mol. The van der Waals surface area contributed by atoms with Crippen LogP contribution in [-0.2, 0) is 0 Å². The Balaban J connectivity index is 1.20. The van der Waals surface area contributed by atoms with Gasteiger partial charge in [0.15, 0.2) is 0 Å². The standard InChI is InChI=1S/C30H48/c1-3-4-5-6-24-9-13-26(14-10-24)28-17-21-30(22-18-28)29-19-15-27(16-20-29)25-11-7-23(2)8-12-25/h15-16,19-20,23-26,28,30H,3-14,17-18,21-22H2,1-2H3/t23-,24-,25-,26-,28-,30-. The van der Waals surface area contributed by atoms with Crippen molar-refractivity contribution in [3.8, 4) is 0 Å². The largest absolute Gasteiger partial charge is 0.0654 e. The summed E-state index contributed by atoms with van der Waals surface area (Å²) >= 11 is 0. The van der Waals surface area contributed by atoms with Crippen molar-refractivity contribution >= 4 is 0 Å². The molecule has 0 N–H and O–H groups in total. The second-order valence-electron chi connectivity index (χ2n) is 11.5. The first kappa shape index (κ1) is 22.4. The van der Waals surface area contributed by atoms with E-state index in [1.165, 1.54) is 89.9 Å². The van der Waals surface area contributed by atoms with Crippen LogP contribution in [0.25, 0.3) is 0 Å². The number of unbranched alkanes of at least 4 members (excludes halogenated alkanes) is 2. The summed E-state index contributed by atoms with van der Waals surface area (Å²) in [6.45, 7) is 4.76. The van der Waals surface area contributed by atoms with Crippen molar-refractivity contribution in [2.24, 2.45) is 23.7 Å². The molecule has 30 heavy (non-hydrogen) atoms. The van der Waals surface area contributed by atoms with Gasteiger partial charge in [0.05, 0.1) is 0 Å². The highest BCUT2D eigenvalue weighted by Crippen LogP contribution is 2.45. The lowest BCUT2D eigenvalue weighted by molar-refractivity contribution is 0.155. The molecule has 0 bridgehead atoms. The van der Waals surface area contributed by atoms with Gasteiger partial charge in [0.2, 0.25) is 0 Å². The summed E-state index contributed by atoms with van der Waals surface area (Å²) in [5, 5.41) is 0.